The van der Waals surface area contributed by atoms with E-state index in [0.29, 0.717) is 10.0 Å². The lowest BCUT2D eigenvalue weighted by Gasteiger charge is -2.00. The molecule has 0 radical (unpaired) electrons. The Morgan fingerprint density at radius 1 is 1.31 bits per heavy atom. The molecule has 0 aliphatic heterocycles. The van der Waals surface area contributed by atoms with Gasteiger partial charge >= 0.3 is 0 Å². The molecule has 0 fully saturated rings. The van der Waals surface area contributed by atoms with Crippen LogP contribution in [0.4, 0.5) is 5.82 Å². The monoisotopic (exact) mass is 255 g/mol. The summed E-state index contributed by atoms with van der Waals surface area (Å²) in [6.07, 6.45) is 0. The molecule has 3 nitrogen and oxygen atoms in total. The molecule has 2 rings (SSSR count). The summed E-state index contributed by atoms with van der Waals surface area (Å²) >= 11 is 11.9. The number of nitrogens with zero attached hydrogens (tertiary/aromatic N) is 1. The van der Waals surface area contributed by atoms with Gasteiger partial charge < -0.3 is 5.32 Å². The SMILES string of the molecule is CCNc1cc(-c2ccc(Cl)cc2Cl)[nH]n1. The molecule has 0 unspecified atom stereocenters. The van der Waals surface area contributed by atoms with Crippen molar-refractivity contribution in [1.29, 1.82) is 0 Å². The molecule has 0 aliphatic carbocycles. The fourth-order valence-electron chi connectivity index (χ4n) is 1.44. The summed E-state index contributed by atoms with van der Waals surface area (Å²) in [4.78, 5) is 0. The van der Waals surface area contributed by atoms with Crippen LogP contribution in [0.3, 0.4) is 0 Å². The number of hydrogen-bond acceptors (Lipinski definition) is 2. The van der Waals surface area contributed by atoms with Crippen molar-refractivity contribution in [3.8, 4) is 11.3 Å². The smallest absolute Gasteiger partial charge is 0.148 e. The molecular weight excluding hydrogens is 245 g/mol. The molecule has 16 heavy (non-hydrogen) atoms. The first kappa shape index (κ1) is 11.3. The standard InChI is InChI=1S/C11H11Cl2N3/c1-2-14-11-6-10(15-16-11)8-4-3-7(12)5-9(8)13/h3-6H,2H2,1H3,(H2,14,15,16). The van der Waals surface area contributed by atoms with Gasteiger partial charge in [0.15, 0.2) is 0 Å². The van der Waals surface area contributed by atoms with Gasteiger partial charge in [-0.1, -0.05) is 23.2 Å². The summed E-state index contributed by atoms with van der Waals surface area (Å²) in [6, 6.07) is 7.30. The van der Waals surface area contributed by atoms with Gasteiger partial charge in [0.1, 0.15) is 5.82 Å². The number of nitrogens with one attached hydrogen (secondary N) is 2. The van der Waals surface area contributed by atoms with Gasteiger partial charge in [-0.25, -0.2) is 0 Å². The predicted molar refractivity (Wildman–Crippen MR) is 68.2 cm³/mol. The van der Waals surface area contributed by atoms with E-state index < -0.39 is 0 Å². The third-order valence-electron chi connectivity index (χ3n) is 2.16. The lowest BCUT2D eigenvalue weighted by Crippen LogP contribution is -1.95. The van der Waals surface area contributed by atoms with Crippen LogP contribution in [0.1, 0.15) is 6.92 Å². The van der Waals surface area contributed by atoms with Gasteiger partial charge in [-0.05, 0) is 25.1 Å². The number of aromatic nitrogens is 2. The highest BCUT2D eigenvalue weighted by Crippen LogP contribution is 2.29. The maximum Gasteiger partial charge on any atom is 0.148 e. The maximum absolute atomic E-state index is 6.10. The quantitative estimate of drug-likeness (QED) is 0.876. The molecule has 2 aromatic rings. The lowest BCUT2D eigenvalue weighted by molar-refractivity contribution is 1.07. The van der Waals surface area contributed by atoms with E-state index in [1.165, 1.54) is 0 Å². The lowest BCUT2D eigenvalue weighted by atomic mass is 10.1. The highest BCUT2D eigenvalue weighted by molar-refractivity contribution is 6.36. The van der Waals surface area contributed by atoms with Gasteiger partial charge in [0, 0.05) is 23.2 Å². The number of rotatable bonds is 3. The summed E-state index contributed by atoms with van der Waals surface area (Å²) in [5.41, 5.74) is 1.76. The second-order valence-electron chi connectivity index (χ2n) is 3.32. The topological polar surface area (TPSA) is 40.7 Å². The molecule has 0 saturated carbocycles. The highest BCUT2D eigenvalue weighted by atomic mass is 35.5. The van der Waals surface area contributed by atoms with E-state index in [-0.39, 0.29) is 0 Å². The van der Waals surface area contributed by atoms with Crippen LogP contribution in [-0.2, 0) is 0 Å². The fraction of sp³-hybridized carbons (Fsp3) is 0.182. The van der Waals surface area contributed by atoms with Crippen molar-refractivity contribution in [2.45, 2.75) is 6.92 Å². The van der Waals surface area contributed by atoms with Crippen LogP contribution < -0.4 is 5.32 Å². The Kier molecular flexibility index (Phi) is 3.36. The van der Waals surface area contributed by atoms with Crippen LogP contribution in [0, 0.1) is 0 Å². The van der Waals surface area contributed by atoms with Gasteiger partial charge in [-0.2, -0.15) is 5.10 Å². The summed E-state index contributed by atoms with van der Waals surface area (Å²) in [5.74, 6) is 0.809. The van der Waals surface area contributed by atoms with Crippen LogP contribution in [0.15, 0.2) is 24.3 Å². The zero-order valence-corrected chi connectivity index (χ0v) is 10.2. The highest BCUT2D eigenvalue weighted by Gasteiger charge is 2.07. The van der Waals surface area contributed by atoms with Crippen molar-refractivity contribution >= 4 is 29.0 Å². The Morgan fingerprint density at radius 3 is 2.81 bits per heavy atom. The number of hydrogen-bond donors (Lipinski definition) is 2. The second-order valence-corrected chi connectivity index (χ2v) is 4.16. The number of halogens is 2. The molecule has 5 heteroatoms. The van der Waals surface area contributed by atoms with Gasteiger partial charge in [0.25, 0.3) is 0 Å². The third-order valence-corrected chi connectivity index (χ3v) is 2.70. The summed E-state index contributed by atoms with van der Waals surface area (Å²) in [5, 5.41) is 11.4. The van der Waals surface area contributed by atoms with E-state index in [1.807, 2.05) is 19.1 Å². The van der Waals surface area contributed by atoms with Gasteiger partial charge in [0.05, 0.1) is 10.7 Å². The van der Waals surface area contributed by atoms with Crippen molar-refractivity contribution < 1.29 is 0 Å². The molecule has 1 heterocycles. The van der Waals surface area contributed by atoms with E-state index >= 15 is 0 Å². The average molecular weight is 256 g/mol. The number of anilines is 1. The summed E-state index contributed by atoms with van der Waals surface area (Å²) in [7, 11) is 0. The molecule has 84 valence electrons. The van der Waals surface area contributed by atoms with Crippen molar-refractivity contribution in [3.63, 3.8) is 0 Å². The van der Waals surface area contributed by atoms with E-state index in [0.717, 1.165) is 23.6 Å². The van der Waals surface area contributed by atoms with Crippen LogP contribution in [0.2, 0.25) is 10.0 Å². The first-order valence-corrected chi connectivity index (χ1v) is 5.71. The Hall–Kier alpha value is -1.19. The van der Waals surface area contributed by atoms with E-state index in [4.69, 9.17) is 23.2 Å². The Labute approximate surface area is 104 Å². The van der Waals surface area contributed by atoms with E-state index in [9.17, 15) is 0 Å². The summed E-state index contributed by atoms with van der Waals surface area (Å²) in [6.45, 7) is 2.85. The van der Waals surface area contributed by atoms with Crippen LogP contribution in [0.25, 0.3) is 11.3 Å². The number of aromatic amines is 1. The normalized spacial score (nSPS) is 10.4. The summed E-state index contributed by atoms with van der Waals surface area (Å²) < 4.78 is 0. The van der Waals surface area contributed by atoms with Gasteiger partial charge in [-0.15, -0.1) is 0 Å². The minimum absolute atomic E-state index is 0.610. The first-order valence-electron chi connectivity index (χ1n) is 4.95. The predicted octanol–water partition coefficient (Wildman–Crippen LogP) is 3.82. The van der Waals surface area contributed by atoms with Crippen LogP contribution in [0.5, 0.6) is 0 Å². The Morgan fingerprint density at radius 2 is 2.12 bits per heavy atom. The molecule has 0 spiro atoms. The zero-order valence-electron chi connectivity index (χ0n) is 8.72. The molecule has 2 N–H and O–H groups in total. The Balaban J connectivity index is 2.35. The fourth-order valence-corrected chi connectivity index (χ4v) is 1.95. The van der Waals surface area contributed by atoms with Crippen molar-refractivity contribution in [2.75, 3.05) is 11.9 Å². The average Bonchev–Trinajstić information content (AvgIpc) is 2.67. The number of H-pyrrole nitrogens is 1. The van der Waals surface area contributed by atoms with E-state index in [1.54, 1.807) is 12.1 Å². The maximum atomic E-state index is 6.10. The molecule has 0 saturated heterocycles. The molecular formula is C11H11Cl2N3. The van der Waals surface area contributed by atoms with Gasteiger partial charge in [0.2, 0.25) is 0 Å². The van der Waals surface area contributed by atoms with Gasteiger partial charge in [-0.3, -0.25) is 5.10 Å². The molecule has 1 aromatic carbocycles. The van der Waals surface area contributed by atoms with Crippen molar-refractivity contribution in [1.82, 2.24) is 10.2 Å². The molecule has 0 aliphatic rings. The third kappa shape index (κ3) is 2.31. The molecule has 0 atom stereocenters. The number of benzene rings is 1. The van der Waals surface area contributed by atoms with E-state index in [2.05, 4.69) is 15.5 Å². The van der Waals surface area contributed by atoms with Crippen molar-refractivity contribution in [3.05, 3.63) is 34.3 Å². The largest absolute Gasteiger partial charge is 0.369 e. The van der Waals surface area contributed by atoms with Crippen molar-refractivity contribution in [2.24, 2.45) is 0 Å². The molecule has 1 aromatic heterocycles. The minimum atomic E-state index is 0.610. The Bertz CT molecular complexity index is 494. The molecule has 0 bridgehead atoms. The van der Waals surface area contributed by atoms with Crippen LogP contribution in [-0.4, -0.2) is 16.7 Å². The minimum Gasteiger partial charge on any atom is -0.369 e. The van der Waals surface area contributed by atoms with Crippen LogP contribution >= 0.6 is 23.2 Å². The zero-order chi connectivity index (χ0) is 11.5. The first-order chi connectivity index (χ1) is 7.70. The second kappa shape index (κ2) is 4.76. The molecule has 0 amide bonds.